The molecule has 0 aromatic heterocycles. The van der Waals surface area contributed by atoms with Gasteiger partial charge in [0.1, 0.15) is 0 Å². The van der Waals surface area contributed by atoms with Crippen molar-refractivity contribution in [2.45, 2.75) is 0 Å². The summed E-state index contributed by atoms with van der Waals surface area (Å²) in [5.74, 6) is -0.817. The van der Waals surface area contributed by atoms with Crippen LogP contribution in [0.4, 0.5) is 0 Å². The molecule has 2 heterocycles. The molecule has 0 N–H and O–H groups in total. The summed E-state index contributed by atoms with van der Waals surface area (Å²) in [4.78, 5) is 38.8. The number of amides is 3. The minimum atomic E-state index is -0.360. The van der Waals surface area contributed by atoms with Gasteiger partial charge in [-0.1, -0.05) is 0 Å². The normalized spacial score (nSPS) is 18.4. The van der Waals surface area contributed by atoms with Gasteiger partial charge in [0.2, 0.25) is 0 Å². The Balaban J connectivity index is 1.92. The van der Waals surface area contributed by atoms with E-state index in [1.54, 1.807) is 17.0 Å². The molecule has 0 unspecified atom stereocenters. The molecule has 6 nitrogen and oxygen atoms in total. The first-order valence-electron chi connectivity index (χ1n) is 6.43. The highest BCUT2D eigenvalue weighted by atomic mass is 16.5. The standard InChI is InChI=1S/C14H14N2O4/c1-15-13(18)10-3-2-9(8-11(10)14(15)19)12(17)16-4-6-20-7-5-16/h2-3,8H,4-7H2,1H3. The van der Waals surface area contributed by atoms with Crippen LogP contribution in [0.25, 0.3) is 0 Å². The first-order valence-corrected chi connectivity index (χ1v) is 6.43. The quantitative estimate of drug-likeness (QED) is 0.695. The van der Waals surface area contributed by atoms with Gasteiger partial charge >= 0.3 is 0 Å². The van der Waals surface area contributed by atoms with Crippen LogP contribution in [0.5, 0.6) is 0 Å². The number of benzene rings is 1. The summed E-state index contributed by atoms with van der Waals surface area (Å²) in [7, 11) is 1.44. The fraction of sp³-hybridized carbons (Fsp3) is 0.357. The van der Waals surface area contributed by atoms with Gasteiger partial charge in [-0.2, -0.15) is 0 Å². The molecule has 1 saturated heterocycles. The molecule has 2 aliphatic rings. The molecule has 104 valence electrons. The van der Waals surface area contributed by atoms with Crippen LogP contribution < -0.4 is 0 Å². The van der Waals surface area contributed by atoms with Gasteiger partial charge in [0.05, 0.1) is 24.3 Å². The summed E-state index contributed by atoms with van der Waals surface area (Å²) in [6.45, 7) is 2.14. The Hall–Kier alpha value is -2.21. The molecule has 0 spiro atoms. The lowest BCUT2D eigenvalue weighted by atomic mass is 10.0. The SMILES string of the molecule is CN1C(=O)c2ccc(C(=O)N3CCOCC3)cc2C1=O. The average Bonchev–Trinajstić information content (AvgIpc) is 2.72. The van der Waals surface area contributed by atoms with Gasteiger partial charge in [0.15, 0.2) is 0 Å². The number of carbonyl (C=O) groups excluding carboxylic acids is 3. The van der Waals surface area contributed by atoms with E-state index in [4.69, 9.17) is 4.74 Å². The first kappa shape index (κ1) is 12.8. The molecule has 0 atom stereocenters. The maximum Gasteiger partial charge on any atom is 0.261 e. The van der Waals surface area contributed by atoms with Gasteiger partial charge in [-0.15, -0.1) is 0 Å². The predicted octanol–water partition coefficient (Wildman–Crippen LogP) is 0.385. The summed E-state index contributed by atoms with van der Waals surface area (Å²) in [5, 5.41) is 0. The largest absolute Gasteiger partial charge is 0.378 e. The molecular formula is C14H14N2O4. The van der Waals surface area contributed by atoms with Crippen molar-refractivity contribution in [2.24, 2.45) is 0 Å². The molecule has 20 heavy (non-hydrogen) atoms. The van der Waals surface area contributed by atoms with Crippen molar-refractivity contribution < 1.29 is 19.1 Å². The second-order valence-corrected chi connectivity index (χ2v) is 4.83. The number of nitrogens with zero attached hydrogens (tertiary/aromatic N) is 2. The molecule has 1 aromatic rings. The van der Waals surface area contributed by atoms with Crippen LogP contribution in [0.15, 0.2) is 18.2 Å². The van der Waals surface area contributed by atoms with E-state index in [1.165, 1.54) is 13.1 Å². The summed E-state index contributed by atoms with van der Waals surface area (Å²) in [6, 6.07) is 4.66. The van der Waals surface area contributed by atoms with Gasteiger partial charge in [0.25, 0.3) is 17.7 Å². The molecule has 6 heteroatoms. The zero-order valence-electron chi connectivity index (χ0n) is 11.1. The molecule has 3 rings (SSSR count). The third-order valence-electron chi connectivity index (χ3n) is 3.63. The van der Waals surface area contributed by atoms with Crippen molar-refractivity contribution in [2.75, 3.05) is 33.4 Å². The Labute approximate surface area is 115 Å². The minimum Gasteiger partial charge on any atom is -0.378 e. The average molecular weight is 274 g/mol. The number of imide groups is 1. The van der Waals surface area contributed by atoms with E-state index in [9.17, 15) is 14.4 Å². The maximum absolute atomic E-state index is 12.3. The zero-order valence-corrected chi connectivity index (χ0v) is 11.1. The number of morpholine rings is 1. The van der Waals surface area contributed by atoms with Crippen LogP contribution >= 0.6 is 0 Å². The van der Waals surface area contributed by atoms with E-state index < -0.39 is 0 Å². The fourth-order valence-corrected chi connectivity index (χ4v) is 2.44. The monoisotopic (exact) mass is 274 g/mol. The van der Waals surface area contributed by atoms with Crippen molar-refractivity contribution in [3.8, 4) is 0 Å². The molecule has 0 saturated carbocycles. The van der Waals surface area contributed by atoms with Gasteiger partial charge in [-0.05, 0) is 18.2 Å². The highest BCUT2D eigenvalue weighted by molar-refractivity contribution is 6.21. The highest BCUT2D eigenvalue weighted by Gasteiger charge is 2.33. The van der Waals surface area contributed by atoms with Crippen molar-refractivity contribution in [3.05, 3.63) is 34.9 Å². The highest BCUT2D eigenvalue weighted by Crippen LogP contribution is 2.23. The third-order valence-corrected chi connectivity index (χ3v) is 3.63. The number of hydrogen-bond donors (Lipinski definition) is 0. The second-order valence-electron chi connectivity index (χ2n) is 4.83. The van der Waals surface area contributed by atoms with Crippen molar-refractivity contribution in [1.29, 1.82) is 0 Å². The van der Waals surface area contributed by atoms with Gasteiger partial charge < -0.3 is 9.64 Å². The lowest BCUT2D eigenvalue weighted by Crippen LogP contribution is -2.40. The van der Waals surface area contributed by atoms with Crippen LogP contribution in [0.1, 0.15) is 31.1 Å². The number of rotatable bonds is 1. The Bertz CT molecular complexity index is 605. The number of hydrogen-bond acceptors (Lipinski definition) is 4. The number of fused-ring (bicyclic) bond motifs is 1. The predicted molar refractivity (Wildman–Crippen MR) is 69.6 cm³/mol. The summed E-state index contributed by atoms with van der Waals surface area (Å²) in [6.07, 6.45) is 0. The molecule has 1 aromatic carbocycles. The van der Waals surface area contributed by atoms with Crippen LogP contribution in [0.3, 0.4) is 0 Å². The Morgan fingerprint density at radius 3 is 2.45 bits per heavy atom. The fourth-order valence-electron chi connectivity index (χ4n) is 2.44. The molecule has 2 aliphatic heterocycles. The van der Waals surface area contributed by atoms with E-state index in [1.807, 2.05) is 0 Å². The number of carbonyl (C=O) groups is 3. The Morgan fingerprint density at radius 1 is 1.10 bits per heavy atom. The van der Waals surface area contributed by atoms with Gasteiger partial charge in [-0.3, -0.25) is 19.3 Å². The summed E-state index contributed by atoms with van der Waals surface area (Å²) in [5.41, 5.74) is 1.09. The minimum absolute atomic E-state index is 0.133. The van der Waals surface area contributed by atoms with Crippen LogP contribution in [0.2, 0.25) is 0 Å². The van der Waals surface area contributed by atoms with Gasteiger partial charge in [0, 0.05) is 25.7 Å². The van der Waals surface area contributed by atoms with E-state index in [2.05, 4.69) is 0 Å². The lowest BCUT2D eigenvalue weighted by Gasteiger charge is -2.26. The Morgan fingerprint density at radius 2 is 1.75 bits per heavy atom. The van der Waals surface area contributed by atoms with Gasteiger partial charge in [-0.25, -0.2) is 0 Å². The van der Waals surface area contributed by atoms with E-state index >= 15 is 0 Å². The van der Waals surface area contributed by atoms with Crippen molar-refractivity contribution in [1.82, 2.24) is 9.80 Å². The third kappa shape index (κ3) is 1.89. The summed E-state index contributed by atoms with van der Waals surface area (Å²) < 4.78 is 5.21. The molecule has 0 radical (unpaired) electrons. The van der Waals surface area contributed by atoms with E-state index in [0.717, 1.165) is 4.90 Å². The molecule has 0 bridgehead atoms. The van der Waals surface area contributed by atoms with E-state index in [-0.39, 0.29) is 17.7 Å². The van der Waals surface area contributed by atoms with Crippen LogP contribution in [-0.4, -0.2) is 60.9 Å². The van der Waals surface area contributed by atoms with E-state index in [0.29, 0.717) is 43.0 Å². The van der Waals surface area contributed by atoms with Crippen molar-refractivity contribution >= 4 is 17.7 Å². The number of ether oxygens (including phenoxy) is 1. The topological polar surface area (TPSA) is 66.9 Å². The first-order chi connectivity index (χ1) is 9.59. The lowest BCUT2D eigenvalue weighted by molar-refractivity contribution is 0.0303. The summed E-state index contributed by atoms with van der Waals surface area (Å²) >= 11 is 0. The second kappa shape index (κ2) is 4.72. The smallest absolute Gasteiger partial charge is 0.261 e. The van der Waals surface area contributed by atoms with Crippen molar-refractivity contribution in [3.63, 3.8) is 0 Å². The zero-order chi connectivity index (χ0) is 14.3. The molecule has 3 amide bonds. The van der Waals surface area contributed by atoms with Crippen LogP contribution in [-0.2, 0) is 4.74 Å². The molecule has 1 fully saturated rings. The Kier molecular flexibility index (Phi) is 3.02. The molecule has 0 aliphatic carbocycles. The van der Waals surface area contributed by atoms with Crippen LogP contribution in [0, 0.1) is 0 Å². The maximum atomic E-state index is 12.3. The molecular weight excluding hydrogens is 260 g/mol.